The number of aryl methyl sites for hydroxylation is 2. The van der Waals surface area contributed by atoms with Crippen LogP contribution in [0.3, 0.4) is 0 Å². The van der Waals surface area contributed by atoms with E-state index in [-0.39, 0.29) is 0 Å². The highest BCUT2D eigenvalue weighted by atomic mass is 35.5. The van der Waals surface area contributed by atoms with Gasteiger partial charge in [-0.05, 0) is 38.6 Å². The Morgan fingerprint density at radius 2 is 2.06 bits per heavy atom. The SMILES string of the molecule is CNC(C)c1c(C)c2cc(OC)c(Cl)cc2n1C. The summed E-state index contributed by atoms with van der Waals surface area (Å²) in [6.07, 6.45) is 0. The van der Waals surface area contributed by atoms with Crippen LogP contribution >= 0.6 is 11.6 Å². The van der Waals surface area contributed by atoms with Crippen LogP contribution in [-0.4, -0.2) is 18.7 Å². The number of hydrogen-bond donors (Lipinski definition) is 1. The number of methoxy groups -OCH3 is 1. The molecule has 1 atom stereocenters. The number of nitrogens with zero attached hydrogens (tertiary/aromatic N) is 1. The molecule has 1 aromatic heterocycles. The lowest BCUT2D eigenvalue weighted by atomic mass is 10.1. The van der Waals surface area contributed by atoms with Crippen molar-refractivity contribution in [2.24, 2.45) is 7.05 Å². The Labute approximate surface area is 113 Å². The van der Waals surface area contributed by atoms with E-state index in [9.17, 15) is 0 Å². The molecule has 0 aliphatic carbocycles. The van der Waals surface area contributed by atoms with Gasteiger partial charge in [0.15, 0.2) is 0 Å². The number of halogens is 1. The minimum absolute atomic E-state index is 0.298. The van der Waals surface area contributed by atoms with Crippen LogP contribution in [-0.2, 0) is 7.05 Å². The summed E-state index contributed by atoms with van der Waals surface area (Å²) < 4.78 is 7.48. The van der Waals surface area contributed by atoms with E-state index < -0.39 is 0 Å². The first kappa shape index (κ1) is 13.2. The van der Waals surface area contributed by atoms with Crippen molar-refractivity contribution in [3.05, 3.63) is 28.4 Å². The molecule has 0 saturated carbocycles. The van der Waals surface area contributed by atoms with Crippen molar-refractivity contribution >= 4 is 22.5 Å². The highest BCUT2D eigenvalue weighted by Gasteiger charge is 2.17. The lowest BCUT2D eigenvalue weighted by Gasteiger charge is -2.13. The highest BCUT2D eigenvalue weighted by Crippen LogP contribution is 2.35. The quantitative estimate of drug-likeness (QED) is 0.921. The Hall–Kier alpha value is -1.19. The van der Waals surface area contributed by atoms with Gasteiger partial charge in [0.05, 0.1) is 17.6 Å². The normalized spacial score (nSPS) is 13.0. The number of nitrogens with one attached hydrogen (secondary N) is 1. The molecule has 4 heteroatoms. The van der Waals surface area contributed by atoms with Gasteiger partial charge >= 0.3 is 0 Å². The van der Waals surface area contributed by atoms with Crippen molar-refractivity contribution in [3.8, 4) is 5.75 Å². The molecule has 18 heavy (non-hydrogen) atoms. The average molecular weight is 267 g/mol. The van der Waals surface area contributed by atoms with Gasteiger partial charge in [-0.3, -0.25) is 0 Å². The van der Waals surface area contributed by atoms with E-state index in [2.05, 4.69) is 30.8 Å². The molecule has 0 spiro atoms. The first-order chi connectivity index (χ1) is 8.51. The summed E-state index contributed by atoms with van der Waals surface area (Å²) in [5.41, 5.74) is 3.68. The molecule has 0 aliphatic rings. The van der Waals surface area contributed by atoms with Crippen LogP contribution in [0.1, 0.15) is 24.2 Å². The summed E-state index contributed by atoms with van der Waals surface area (Å²) >= 11 is 6.20. The van der Waals surface area contributed by atoms with Gasteiger partial charge in [0.2, 0.25) is 0 Å². The van der Waals surface area contributed by atoms with Gasteiger partial charge in [-0.25, -0.2) is 0 Å². The van der Waals surface area contributed by atoms with E-state index in [4.69, 9.17) is 16.3 Å². The maximum absolute atomic E-state index is 6.20. The minimum Gasteiger partial charge on any atom is -0.495 e. The molecule has 1 unspecified atom stereocenters. The van der Waals surface area contributed by atoms with Crippen LogP contribution < -0.4 is 10.1 Å². The highest BCUT2D eigenvalue weighted by molar-refractivity contribution is 6.32. The van der Waals surface area contributed by atoms with Crippen LogP contribution in [0.5, 0.6) is 5.75 Å². The maximum atomic E-state index is 6.20. The third-order valence-electron chi connectivity index (χ3n) is 3.62. The Bertz CT molecular complexity index is 589. The van der Waals surface area contributed by atoms with E-state index in [1.54, 1.807) is 7.11 Å². The van der Waals surface area contributed by atoms with Crippen LogP contribution in [0.25, 0.3) is 10.9 Å². The lowest BCUT2D eigenvalue weighted by molar-refractivity contribution is 0.415. The van der Waals surface area contributed by atoms with Gasteiger partial charge in [-0.15, -0.1) is 0 Å². The monoisotopic (exact) mass is 266 g/mol. The zero-order valence-electron chi connectivity index (χ0n) is 11.5. The largest absolute Gasteiger partial charge is 0.495 e. The first-order valence-corrected chi connectivity index (χ1v) is 6.38. The maximum Gasteiger partial charge on any atom is 0.138 e. The molecule has 3 nitrogen and oxygen atoms in total. The standard InChI is InChI=1S/C14H19ClN2O/c1-8-10-6-13(18-5)11(15)7-12(10)17(4)14(8)9(2)16-3/h6-7,9,16H,1-5H3. The summed E-state index contributed by atoms with van der Waals surface area (Å²) in [7, 11) is 5.68. The number of rotatable bonds is 3. The zero-order valence-corrected chi connectivity index (χ0v) is 12.2. The van der Waals surface area contributed by atoms with E-state index in [0.717, 1.165) is 11.3 Å². The minimum atomic E-state index is 0.298. The van der Waals surface area contributed by atoms with Crippen molar-refractivity contribution in [1.29, 1.82) is 0 Å². The molecule has 0 amide bonds. The van der Waals surface area contributed by atoms with Gasteiger partial charge in [0.25, 0.3) is 0 Å². The van der Waals surface area contributed by atoms with Crippen molar-refractivity contribution in [2.45, 2.75) is 19.9 Å². The Kier molecular flexibility index (Phi) is 3.55. The summed E-state index contributed by atoms with van der Waals surface area (Å²) in [6, 6.07) is 4.28. The average Bonchev–Trinajstić information content (AvgIpc) is 2.60. The molecular formula is C14H19ClN2O. The molecule has 0 fully saturated rings. The first-order valence-electron chi connectivity index (χ1n) is 6.01. The topological polar surface area (TPSA) is 26.2 Å². The van der Waals surface area contributed by atoms with Crippen molar-refractivity contribution < 1.29 is 4.74 Å². The van der Waals surface area contributed by atoms with Crippen molar-refractivity contribution in [1.82, 2.24) is 9.88 Å². The van der Waals surface area contributed by atoms with Gasteiger partial charge < -0.3 is 14.6 Å². The van der Waals surface area contributed by atoms with Gasteiger partial charge in [-0.1, -0.05) is 11.6 Å². The van der Waals surface area contributed by atoms with Crippen LogP contribution in [0.4, 0.5) is 0 Å². The molecule has 0 radical (unpaired) electrons. The van der Waals surface area contributed by atoms with Crippen LogP contribution in [0.15, 0.2) is 12.1 Å². The Morgan fingerprint density at radius 1 is 1.39 bits per heavy atom. The smallest absolute Gasteiger partial charge is 0.138 e. The molecule has 0 bridgehead atoms. The van der Waals surface area contributed by atoms with Crippen molar-refractivity contribution in [2.75, 3.05) is 14.2 Å². The van der Waals surface area contributed by atoms with Crippen LogP contribution in [0.2, 0.25) is 5.02 Å². The second kappa shape index (κ2) is 4.82. The molecule has 0 saturated heterocycles. The zero-order chi connectivity index (χ0) is 13.4. The summed E-state index contributed by atoms with van der Waals surface area (Å²) in [5, 5.41) is 5.12. The van der Waals surface area contributed by atoms with Gasteiger partial charge in [0.1, 0.15) is 5.75 Å². The van der Waals surface area contributed by atoms with Crippen LogP contribution in [0, 0.1) is 6.92 Å². The molecule has 0 aliphatic heterocycles. The van der Waals surface area contributed by atoms with E-state index >= 15 is 0 Å². The Morgan fingerprint density at radius 3 is 2.61 bits per heavy atom. The fraction of sp³-hybridized carbons (Fsp3) is 0.429. The molecule has 1 heterocycles. The van der Waals surface area contributed by atoms with Gasteiger partial charge in [-0.2, -0.15) is 0 Å². The van der Waals surface area contributed by atoms with E-state index in [1.165, 1.54) is 16.6 Å². The fourth-order valence-electron chi connectivity index (χ4n) is 2.55. The van der Waals surface area contributed by atoms with E-state index in [1.807, 2.05) is 19.2 Å². The fourth-order valence-corrected chi connectivity index (χ4v) is 2.78. The predicted octanol–water partition coefficient (Wildman–Crippen LogP) is 3.43. The molecule has 98 valence electrons. The second-order valence-electron chi connectivity index (χ2n) is 4.58. The second-order valence-corrected chi connectivity index (χ2v) is 4.99. The molecule has 2 rings (SSSR count). The Balaban J connectivity index is 2.77. The van der Waals surface area contributed by atoms with Crippen molar-refractivity contribution in [3.63, 3.8) is 0 Å². The summed E-state index contributed by atoms with van der Waals surface area (Å²) in [6.45, 7) is 4.29. The third kappa shape index (κ3) is 1.88. The number of benzene rings is 1. The van der Waals surface area contributed by atoms with E-state index in [0.29, 0.717) is 11.1 Å². The number of ether oxygens (including phenoxy) is 1. The summed E-state index contributed by atoms with van der Waals surface area (Å²) in [4.78, 5) is 0. The summed E-state index contributed by atoms with van der Waals surface area (Å²) in [5.74, 6) is 0.724. The lowest BCUT2D eigenvalue weighted by Crippen LogP contribution is -2.16. The molecule has 1 N–H and O–H groups in total. The number of aromatic nitrogens is 1. The third-order valence-corrected chi connectivity index (χ3v) is 3.92. The molecular weight excluding hydrogens is 248 g/mol. The number of fused-ring (bicyclic) bond motifs is 1. The predicted molar refractivity (Wildman–Crippen MR) is 76.7 cm³/mol. The molecule has 1 aromatic carbocycles. The number of hydrogen-bond acceptors (Lipinski definition) is 2. The molecule has 2 aromatic rings. The van der Waals surface area contributed by atoms with Gasteiger partial charge in [0, 0.05) is 24.2 Å².